The van der Waals surface area contributed by atoms with Crippen molar-refractivity contribution in [2.24, 2.45) is 0 Å². The van der Waals surface area contributed by atoms with Gasteiger partial charge in [0, 0.05) is 36.7 Å². The molecule has 0 spiro atoms. The Bertz CT molecular complexity index is 1140. The van der Waals surface area contributed by atoms with Gasteiger partial charge >= 0.3 is 0 Å². The first-order valence-electron chi connectivity index (χ1n) is 9.58. The number of anilines is 3. The van der Waals surface area contributed by atoms with Crippen molar-refractivity contribution in [3.8, 4) is 5.75 Å². The molecule has 1 fully saturated rings. The molecule has 1 amide bonds. The fourth-order valence-electron chi connectivity index (χ4n) is 3.24. The van der Waals surface area contributed by atoms with E-state index in [2.05, 4.69) is 30.5 Å². The van der Waals surface area contributed by atoms with E-state index in [9.17, 15) is 9.59 Å². The SMILES string of the molecule is CNC(=O)COc1cc2cc(Nc3nc(N4CCCC4)ncc3Cl)ccc2[nH]c1=O. The standard InChI is InChI=1S/C20H21ClN6O3/c1-22-17(28)11-30-16-9-12-8-13(4-5-15(12)25-19(16)29)24-18-14(21)10-23-20(26-18)27-6-2-3-7-27/h4-5,8-10H,2-3,6-7,11H2,1H3,(H,22,28)(H,25,29)(H,23,24,26). The predicted octanol–water partition coefficient (Wildman–Crippen LogP) is 2.44. The first-order valence-corrected chi connectivity index (χ1v) is 9.96. The highest BCUT2D eigenvalue weighted by molar-refractivity contribution is 6.32. The van der Waals surface area contributed by atoms with Gasteiger partial charge in [0.15, 0.2) is 18.2 Å². The van der Waals surface area contributed by atoms with Gasteiger partial charge in [0.05, 0.1) is 6.20 Å². The van der Waals surface area contributed by atoms with Gasteiger partial charge in [-0.25, -0.2) is 4.98 Å². The molecular weight excluding hydrogens is 408 g/mol. The predicted molar refractivity (Wildman–Crippen MR) is 116 cm³/mol. The van der Waals surface area contributed by atoms with E-state index in [4.69, 9.17) is 16.3 Å². The van der Waals surface area contributed by atoms with E-state index in [0.717, 1.165) is 37.0 Å². The zero-order chi connectivity index (χ0) is 21.1. The second-order valence-electron chi connectivity index (χ2n) is 6.91. The topological polar surface area (TPSA) is 112 Å². The number of likely N-dealkylation sites (N-methyl/N-ethyl adjacent to an activating group) is 1. The zero-order valence-corrected chi connectivity index (χ0v) is 17.1. The molecule has 0 saturated carbocycles. The summed E-state index contributed by atoms with van der Waals surface area (Å²) in [5, 5.41) is 6.80. The van der Waals surface area contributed by atoms with Crippen LogP contribution in [0.2, 0.25) is 5.02 Å². The number of amides is 1. The number of rotatable bonds is 6. The number of fused-ring (bicyclic) bond motifs is 1. The van der Waals surface area contributed by atoms with Gasteiger partial charge in [-0.05, 0) is 37.1 Å². The molecule has 1 saturated heterocycles. The average Bonchev–Trinajstić information content (AvgIpc) is 3.28. The molecule has 9 nitrogen and oxygen atoms in total. The molecule has 1 aromatic carbocycles. The number of hydrogen-bond acceptors (Lipinski definition) is 7. The molecule has 156 valence electrons. The van der Waals surface area contributed by atoms with Gasteiger partial charge in [0.2, 0.25) is 5.95 Å². The summed E-state index contributed by atoms with van der Waals surface area (Å²) < 4.78 is 5.32. The van der Waals surface area contributed by atoms with Gasteiger partial charge in [-0.3, -0.25) is 9.59 Å². The number of hydrogen-bond donors (Lipinski definition) is 3. The lowest BCUT2D eigenvalue weighted by Crippen LogP contribution is -2.26. The highest BCUT2D eigenvalue weighted by Gasteiger charge is 2.16. The van der Waals surface area contributed by atoms with E-state index in [-0.39, 0.29) is 18.3 Å². The smallest absolute Gasteiger partial charge is 0.290 e. The lowest BCUT2D eigenvalue weighted by atomic mass is 10.2. The van der Waals surface area contributed by atoms with Crippen LogP contribution in [-0.2, 0) is 4.79 Å². The summed E-state index contributed by atoms with van der Waals surface area (Å²) in [6.45, 7) is 1.63. The van der Waals surface area contributed by atoms with Crippen LogP contribution in [0.25, 0.3) is 10.9 Å². The largest absolute Gasteiger partial charge is 0.478 e. The Morgan fingerprint density at radius 3 is 2.87 bits per heavy atom. The van der Waals surface area contributed by atoms with E-state index in [1.54, 1.807) is 18.3 Å². The summed E-state index contributed by atoms with van der Waals surface area (Å²) in [7, 11) is 1.50. The van der Waals surface area contributed by atoms with Crippen LogP contribution in [0.4, 0.5) is 17.5 Å². The number of H-pyrrole nitrogens is 1. The van der Waals surface area contributed by atoms with Crippen molar-refractivity contribution in [1.82, 2.24) is 20.3 Å². The molecule has 1 aliphatic rings. The number of carbonyl (C=O) groups is 1. The Hall–Kier alpha value is -3.33. The van der Waals surface area contributed by atoms with Crippen LogP contribution in [-0.4, -0.2) is 47.6 Å². The van der Waals surface area contributed by atoms with E-state index in [1.807, 2.05) is 12.1 Å². The average molecular weight is 429 g/mol. The van der Waals surface area contributed by atoms with Crippen LogP contribution < -0.4 is 25.8 Å². The zero-order valence-electron chi connectivity index (χ0n) is 16.4. The van der Waals surface area contributed by atoms with E-state index >= 15 is 0 Å². The summed E-state index contributed by atoms with van der Waals surface area (Å²) in [5.41, 5.74) is 0.977. The molecule has 3 N–H and O–H groups in total. The van der Waals surface area contributed by atoms with Crippen molar-refractivity contribution in [2.45, 2.75) is 12.8 Å². The molecule has 1 aliphatic heterocycles. The highest BCUT2D eigenvalue weighted by atomic mass is 35.5. The lowest BCUT2D eigenvalue weighted by Gasteiger charge is -2.16. The van der Waals surface area contributed by atoms with Crippen molar-refractivity contribution in [3.63, 3.8) is 0 Å². The fourth-order valence-corrected chi connectivity index (χ4v) is 3.38. The van der Waals surface area contributed by atoms with Gasteiger partial charge in [-0.15, -0.1) is 0 Å². The summed E-state index contributed by atoms with van der Waals surface area (Å²) in [6.07, 6.45) is 3.84. The summed E-state index contributed by atoms with van der Waals surface area (Å²) in [6, 6.07) is 7.03. The Labute approximate surface area is 177 Å². The number of carbonyl (C=O) groups excluding carboxylic acids is 1. The minimum absolute atomic E-state index is 0.0691. The molecular formula is C20H21ClN6O3. The number of ether oxygens (including phenoxy) is 1. The maximum Gasteiger partial charge on any atom is 0.290 e. The Morgan fingerprint density at radius 2 is 2.10 bits per heavy atom. The van der Waals surface area contributed by atoms with Crippen LogP contribution in [0.5, 0.6) is 5.75 Å². The van der Waals surface area contributed by atoms with Crippen molar-refractivity contribution >= 4 is 45.9 Å². The van der Waals surface area contributed by atoms with E-state index in [1.165, 1.54) is 7.05 Å². The van der Waals surface area contributed by atoms with Gasteiger partial charge in [-0.1, -0.05) is 11.6 Å². The van der Waals surface area contributed by atoms with Crippen molar-refractivity contribution in [1.29, 1.82) is 0 Å². The number of aromatic nitrogens is 3. The Balaban J connectivity index is 1.60. The normalized spacial score (nSPS) is 13.5. The summed E-state index contributed by atoms with van der Waals surface area (Å²) >= 11 is 6.29. The second kappa shape index (κ2) is 8.58. The van der Waals surface area contributed by atoms with Crippen molar-refractivity contribution in [3.05, 3.63) is 45.8 Å². The van der Waals surface area contributed by atoms with Gasteiger partial charge in [0.25, 0.3) is 11.5 Å². The second-order valence-corrected chi connectivity index (χ2v) is 7.32. The maximum atomic E-state index is 12.2. The number of aromatic amines is 1. The number of benzene rings is 1. The molecule has 3 heterocycles. The number of halogens is 1. The molecule has 0 bridgehead atoms. The molecule has 2 aromatic heterocycles. The number of nitrogens with zero attached hydrogens (tertiary/aromatic N) is 3. The number of nitrogens with one attached hydrogen (secondary N) is 3. The molecule has 0 unspecified atom stereocenters. The maximum absolute atomic E-state index is 12.2. The monoisotopic (exact) mass is 428 g/mol. The van der Waals surface area contributed by atoms with Crippen LogP contribution in [0.3, 0.4) is 0 Å². The van der Waals surface area contributed by atoms with Crippen molar-refractivity contribution in [2.75, 3.05) is 37.0 Å². The molecule has 0 atom stereocenters. The summed E-state index contributed by atoms with van der Waals surface area (Å²) in [4.78, 5) is 37.3. The molecule has 0 radical (unpaired) electrons. The van der Waals surface area contributed by atoms with Crippen LogP contribution in [0.1, 0.15) is 12.8 Å². The quantitative estimate of drug-likeness (QED) is 0.552. The van der Waals surface area contributed by atoms with Gasteiger partial charge < -0.3 is 25.3 Å². The van der Waals surface area contributed by atoms with Gasteiger partial charge in [0.1, 0.15) is 5.02 Å². The highest BCUT2D eigenvalue weighted by Crippen LogP contribution is 2.28. The van der Waals surface area contributed by atoms with E-state index in [0.29, 0.717) is 22.3 Å². The third kappa shape index (κ3) is 4.30. The minimum Gasteiger partial charge on any atom is -0.478 e. The Kier molecular flexibility index (Phi) is 5.71. The molecule has 4 rings (SSSR count). The van der Waals surface area contributed by atoms with Crippen LogP contribution in [0, 0.1) is 0 Å². The van der Waals surface area contributed by atoms with Gasteiger partial charge in [-0.2, -0.15) is 4.98 Å². The van der Waals surface area contributed by atoms with Crippen LogP contribution in [0.15, 0.2) is 35.3 Å². The third-order valence-electron chi connectivity index (χ3n) is 4.83. The first kappa shape index (κ1) is 20.0. The molecule has 30 heavy (non-hydrogen) atoms. The molecule has 10 heteroatoms. The fraction of sp³-hybridized carbons (Fsp3) is 0.300. The first-order chi connectivity index (χ1) is 14.5. The number of pyridine rings is 1. The van der Waals surface area contributed by atoms with Crippen LogP contribution >= 0.6 is 11.6 Å². The molecule has 3 aromatic rings. The lowest BCUT2D eigenvalue weighted by molar-refractivity contribution is -0.122. The van der Waals surface area contributed by atoms with E-state index < -0.39 is 5.56 Å². The summed E-state index contributed by atoms with van der Waals surface area (Å²) in [5.74, 6) is 0.902. The Morgan fingerprint density at radius 1 is 1.30 bits per heavy atom. The molecule has 0 aliphatic carbocycles. The minimum atomic E-state index is -0.402. The van der Waals surface area contributed by atoms with Crippen molar-refractivity contribution < 1.29 is 9.53 Å². The third-order valence-corrected chi connectivity index (χ3v) is 5.11.